The number of rotatable bonds is 4. The van der Waals surface area contributed by atoms with Gasteiger partial charge < -0.3 is 14.8 Å². The third-order valence-corrected chi connectivity index (χ3v) is 4.48. The number of nitrogens with one attached hydrogen (secondary N) is 1. The predicted molar refractivity (Wildman–Crippen MR) is 85.5 cm³/mol. The molecule has 1 aliphatic heterocycles. The lowest BCUT2D eigenvalue weighted by molar-refractivity contribution is 0.0785. The Morgan fingerprint density at radius 3 is 3.10 bits per heavy atom. The van der Waals surface area contributed by atoms with Gasteiger partial charge in [0.05, 0.1) is 0 Å². The maximum absolute atomic E-state index is 12.6. The van der Waals surface area contributed by atoms with Crippen LogP contribution in [0.5, 0.6) is 0 Å². The van der Waals surface area contributed by atoms with E-state index in [-0.39, 0.29) is 5.91 Å². The largest absolute Gasteiger partial charge is 0.361 e. The molecule has 0 radical (unpaired) electrons. The molecule has 112 valence electrons. The van der Waals surface area contributed by atoms with Crippen LogP contribution in [0.25, 0.3) is 10.9 Å². The van der Waals surface area contributed by atoms with Gasteiger partial charge in [-0.3, -0.25) is 4.79 Å². The van der Waals surface area contributed by atoms with Gasteiger partial charge in [0, 0.05) is 42.3 Å². The minimum atomic E-state index is 0.166. The van der Waals surface area contributed by atoms with Crippen LogP contribution in [0, 0.1) is 5.92 Å². The fraction of sp³-hybridized carbons (Fsp3) is 0.471. The van der Waals surface area contributed by atoms with E-state index < -0.39 is 0 Å². The molecule has 1 saturated heterocycles. The normalized spacial score (nSPS) is 18.8. The number of aromatic amines is 1. The van der Waals surface area contributed by atoms with Crippen LogP contribution >= 0.6 is 0 Å². The molecule has 2 heterocycles. The molecule has 21 heavy (non-hydrogen) atoms. The van der Waals surface area contributed by atoms with Gasteiger partial charge in [-0.05, 0) is 50.2 Å². The second-order valence-corrected chi connectivity index (χ2v) is 6.04. The zero-order valence-electron chi connectivity index (χ0n) is 12.8. The van der Waals surface area contributed by atoms with Crippen molar-refractivity contribution in [3.05, 3.63) is 36.0 Å². The molecule has 4 nitrogen and oxygen atoms in total. The van der Waals surface area contributed by atoms with Crippen molar-refractivity contribution < 1.29 is 4.79 Å². The van der Waals surface area contributed by atoms with Crippen LogP contribution in [-0.4, -0.2) is 53.9 Å². The van der Waals surface area contributed by atoms with Gasteiger partial charge in [0.2, 0.25) is 0 Å². The Balaban J connectivity index is 1.68. The molecule has 4 heteroatoms. The molecule has 0 spiro atoms. The van der Waals surface area contributed by atoms with E-state index in [4.69, 9.17) is 0 Å². The molecule has 1 aromatic carbocycles. The Labute approximate surface area is 125 Å². The molecular formula is C17H23N3O. The number of hydrogen-bond acceptors (Lipinski definition) is 2. The van der Waals surface area contributed by atoms with Crippen molar-refractivity contribution in [2.45, 2.75) is 13.3 Å². The highest BCUT2D eigenvalue weighted by atomic mass is 16.2. The van der Waals surface area contributed by atoms with Crippen molar-refractivity contribution in [3.8, 4) is 0 Å². The Morgan fingerprint density at radius 1 is 1.43 bits per heavy atom. The van der Waals surface area contributed by atoms with Gasteiger partial charge in [-0.15, -0.1) is 0 Å². The summed E-state index contributed by atoms with van der Waals surface area (Å²) in [4.78, 5) is 20.1. The van der Waals surface area contributed by atoms with E-state index in [1.165, 1.54) is 0 Å². The predicted octanol–water partition coefficient (Wildman–Crippen LogP) is 2.58. The lowest BCUT2D eigenvalue weighted by atomic mass is 10.1. The van der Waals surface area contributed by atoms with Gasteiger partial charge in [0.1, 0.15) is 0 Å². The molecule has 1 amide bonds. The van der Waals surface area contributed by atoms with E-state index >= 15 is 0 Å². The van der Waals surface area contributed by atoms with Gasteiger partial charge >= 0.3 is 0 Å². The van der Waals surface area contributed by atoms with Crippen molar-refractivity contribution in [2.24, 2.45) is 5.92 Å². The number of H-pyrrole nitrogens is 1. The number of nitrogens with zero attached hydrogens (tertiary/aromatic N) is 2. The summed E-state index contributed by atoms with van der Waals surface area (Å²) in [6.45, 7) is 6.08. The van der Waals surface area contributed by atoms with Crippen molar-refractivity contribution in [2.75, 3.05) is 33.2 Å². The molecule has 1 atom stereocenters. The van der Waals surface area contributed by atoms with Crippen LogP contribution in [0.1, 0.15) is 23.7 Å². The molecule has 0 unspecified atom stereocenters. The van der Waals surface area contributed by atoms with Gasteiger partial charge in [0.25, 0.3) is 5.91 Å². The summed E-state index contributed by atoms with van der Waals surface area (Å²) in [7, 11) is 2.14. The number of benzene rings is 1. The Kier molecular flexibility index (Phi) is 3.97. The Morgan fingerprint density at radius 2 is 2.29 bits per heavy atom. The quantitative estimate of drug-likeness (QED) is 0.938. The molecule has 1 fully saturated rings. The summed E-state index contributed by atoms with van der Waals surface area (Å²) in [5.74, 6) is 0.773. The van der Waals surface area contributed by atoms with Gasteiger partial charge in [-0.2, -0.15) is 0 Å². The van der Waals surface area contributed by atoms with Crippen LogP contribution in [0.15, 0.2) is 30.5 Å². The first kappa shape index (κ1) is 14.1. The molecular weight excluding hydrogens is 262 g/mol. The van der Waals surface area contributed by atoms with Crippen LogP contribution in [0.2, 0.25) is 0 Å². The molecule has 1 aromatic heterocycles. The molecule has 1 aliphatic rings. The van der Waals surface area contributed by atoms with Crippen molar-refractivity contribution >= 4 is 16.8 Å². The molecule has 0 bridgehead atoms. The summed E-state index contributed by atoms with van der Waals surface area (Å²) < 4.78 is 0. The van der Waals surface area contributed by atoms with Crippen LogP contribution in [0.3, 0.4) is 0 Å². The maximum atomic E-state index is 12.6. The first-order chi connectivity index (χ1) is 10.2. The summed E-state index contributed by atoms with van der Waals surface area (Å²) in [5.41, 5.74) is 1.88. The van der Waals surface area contributed by atoms with Crippen molar-refractivity contribution in [1.82, 2.24) is 14.8 Å². The standard InChI is InChI=1S/C17H23N3O/c1-3-19(2)11-13-7-9-20(12-13)17(21)15-4-5-16-14(10-15)6-8-18-16/h4-6,8,10,13,18H,3,7,9,11-12H2,1-2H3/t13-/m1/s1. The van der Waals surface area contributed by atoms with Crippen LogP contribution in [0.4, 0.5) is 0 Å². The zero-order chi connectivity index (χ0) is 14.8. The van der Waals surface area contributed by atoms with E-state index in [1.807, 2.05) is 35.4 Å². The van der Waals surface area contributed by atoms with E-state index in [2.05, 4.69) is 23.9 Å². The highest BCUT2D eigenvalue weighted by Gasteiger charge is 2.27. The molecule has 3 rings (SSSR count). The van der Waals surface area contributed by atoms with Crippen LogP contribution < -0.4 is 0 Å². The fourth-order valence-electron chi connectivity index (χ4n) is 3.10. The van der Waals surface area contributed by atoms with E-state index in [0.717, 1.165) is 49.1 Å². The number of carbonyl (C=O) groups is 1. The van der Waals surface area contributed by atoms with E-state index in [1.54, 1.807) is 0 Å². The average Bonchev–Trinajstić information content (AvgIpc) is 3.14. The first-order valence-corrected chi connectivity index (χ1v) is 7.72. The van der Waals surface area contributed by atoms with Gasteiger partial charge in [-0.1, -0.05) is 6.92 Å². The maximum Gasteiger partial charge on any atom is 0.253 e. The average molecular weight is 285 g/mol. The second kappa shape index (κ2) is 5.90. The van der Waals surface area contributed by atoms with Crippen molar-refractivity contribution in [3.63, 3.8) is 0 Å². The highest BCUT2D eigenvalue weighted by molar-refractivity contribution is 5.98. The zero-order valence-corrected chi connectivity index (χ0v) is 12.8. The SMILES string of the molecule is CCN(C)C[C@H]1CCN(C(=O)c2ccc3[nH]ccc3c2)C1. The molecule has 2 aromatic rings. The third-order valence-electron chi connectivity index (χ3n) is 4.48. The van der Waals surface area contributed by atoms with Crippen molar-refractivity contribution in [1.29, 1.82) is 0 Å². The number of carbonyl (C=O) groups excluding carboxylic acids is 1. The molecule has 1 N–H and O–H groups in total. The molecule has 0 saturated carbocycles. The monoisotopic (exact) mass is 285 g/mol. The highest BCUT2D eigenvalue weighted by Crippen LogP contribution is 2.21. The summed E-state index contributed by atoms with van der Waals surface area (Å²) in [6, 6.07) is 7.91. The summed E-state index contributed by atoms with van der Waals surface area (Å²) in [6.07, 6.45) is 3.02. The van der Waals surface area contributed by atoms with Gasteiger partial charge in [-0.25, -0.2) is 0 Å². The minimum absolute atomic E-state index is 0.166. The lowest BCUT2D eigenvalue weighted by Gasteiger charge is -2.20. The second-order valence-electron chi connectivity index (χ2n) is 6.04. The fourth-order valence-corrected chi connectivity index (χ4v) is 3.10. The lowest BCUT2D eigenvalue weighted by Crippen LogP contribution is -2.31. The number of likely N-dealkylation sites (tertiary alicyclic amines) is 1. The minimum Gasteiger partial charge on any atom is -0.361 e. The Bertz CT molecular complexity index is 634. The van der Waals surface area contributed by atoms with Crippen LogP contribution in [-0.2, 0) is 0 Å². The van der Waals surface area contributed by atoms with E-state index in [9.17, 15) is 4.79 Å². The first-order valence-electron chi connectivity index (χ1n) is 7.72. The number of fused-ring (bicyclic) bond motifs is 1. The Hall–Kier alpha value is -1.81. The smallest absolute Gasteiger partial charge is 0.253 e. The number of amides is 1. The van der Waals surface area contributed by atoms with Gasteiger partial charge in [0.15, 0.2) is 0 Å². The van der Waals surface area contributed by atoms with E-state index in [0.29, 0.717) is 5.92 Å². The summed E-state index contributed by atoms with van der Waals surface area (Å²) >= 11 is 0. The number of hydrogen-bond donors (Lipinski definition) is 1. The summed E-state index contributed by atoms with van der Waals surface area (Å²) in [5, 5.41) is 1.10. The topological polar surface area (TPSA) is 39.3 Å². The third kappa shape index (κ3) is 2.95. The number of aromatic nitrogens is 1. The molecule has 0 aliphatic carbocycles.